The average molecular weight is 374 g/mol. The van der Waals surface area contributed by atoms with Gasteiger partial charge in [0.2, 0.25) is 0 Å². The molecule has 25 heavy (non-hydrogen) atoms. The Balaban J connectivity index is 2.04. The molecule has 0 aliphatic heterocycles. The van der Waals surface area contributed by atoms with E-state index in [2.05, 4.69) is 41.5 Å². The van der Waals surface area contributed by atoms with Crippen molar-refractivity contribution in [1.29, 1.82) is 0 Å². The SMILES string of the molecule is CC(C)[C@H]1CC[C@@H](C)C[C@@H]1OP(N)(=O)O[C@@H]1C[C@@H](C)CC[C@@H]1C(C)C. The van der Waals surface area contributed by atoms with E-state index in [1.54, 1.807) is 0 Å². The van der Waals surface area contributed by atoms with E-state index < -0.39 is 7.75 Å². The number of rotatable bonds is 6. The van der Waals surface area contributed by atoms with E-state index >= 15 is 0 Å². The molecular formula is C20H40NO3P. The molecule has 0 amide bonds. The van der Waals surface area contributed by atoms with Gasteiger partial charge in [0.25, 0.3) is 0 Å². The van der Waals surface area contributed by atoms with Gasteiger partial charge in [0.15, 0.2) is 0 Å². The fourth-order valence-corrected chi connectivity index (χ4v) is 6.16. The molecule has 2 saturated carbocycles. The van der Waals surface area contributed by atoms with Crippen LogP contribution in [0.3, 0.4) is 0 Å². The van der Waals surface area contributed by atoms with Crippen molar-refractivity contribution in [3.63, 3.8) is 0 Å². The van der Waals surface area contributed by atoms with Gasteiger partial charge in [-0.05, 0) is 61.2 Å². The van der Waals surface area contributed by atoms with E-state index in [0.29, 0.717) is 35.5 Å². The Bertz CT molecular complexity index is 430. The second-order valence-electron chi connectivity index (χ2n) is 9.48. The molecule has 0 spiro atoms. The first kappa shape index (κ1) is 21.4. The molecule has 4 nitrogen and oxygen atoms in total. The van der Waals surface area contributed by atoms with Crippen molar-refractivity contribution < 1.29 is 13.6 Å². The fraction of sp³-hybridized carbons (Fsp3) is 1.00. The highest BCUT2D eigenvalue weighted by atomic mass is 31.2. The molecule has 5 heteroatoms. The van der Waals surface area contributed by atoms with Gasteiger partial charge in [-0.3, -0.25) is 9.05 Å². The molecule has 0 aromatic carbocycles. The van der Waals surface area contributed by atoms with E-state index in [1.807, 2.05) is 0 Å². The molecule has 2 N–H and O–H groups in total. The topological polar surface area (TPSA) is 61.5 Å². The second kappa shape index (κ2) is 8.87. The molecule has 2 rings (SSSR count). The number of hydrogen-bond donors (Lipinski definition) is 1. The molecule has 0 heterocycles. The monoisotopic (exact) mass is 373 g/mol. The van der Waals surface area contributed by atoms with Gasteiger partial charge in [-0.25, -0.2) is 10.1 Å². The van der Waals surface area contributed by atoms with Crippen LogP contribution in [0, 0.1) is 35.5 Å². The highest BCUT2D eigenvalue weighted by Gasteiger charge is 2.40. The standard InChI is InChI=1S/C20H40NO3P/c1-13(2)17-9-7-15(5)11-19(17)23-25(21,22)24-20-12-16(6)8-10-18(20)14(3)4/h13-20H,7-12H2,1-6H3,(H2,21,22)/t15-,16+,17-,18-,19+,20-,25?/m1/s1. The summed E-state index contributed by atoms with van der Waals surface area (Å²) >= 11 is 0. The van der Waals surface area contributed by atoms with Gasteiger partial charge in [-0.1, -0.05) is 54.4 Å². The zero-order valence-electron chi connectivity index (χ0n) is 17.1. The van der Waals surface area contributed by atoms with Crippen LogP contribution < -0.4 is 5.50 Å². The molecule has 0 bridgehead atoms. The minimum absolute atomic E-state index is 0.0434. The predicted molar refractivity (Wildman–Crippen MR) is 104 cm³/mol. The van der Waals surface area contributed by atoms with E-state index in [4.69, 9.17) is 14.6 Å². The molecule has 148 valence electrons. The highest BCUT2D eigenvalue weighted by Crippen LogP contribution is 2.51. The zero-order valence-corrected chi connectivity index (χ0v) is 18.0. The Morgan fingerprint density at radius 3 is 1.48 bits per heavy atom. The second-order valence-corrected chi connectivity index (χ2v) is 11.0. The van der Waals surface area contributed by atoms with Gasteiger partial charge >= 0.3 is 7.75 Å². The van der Waals surface area contributed by atoms with E-state index in [-0.39, 0.29) is 12.2 Å². The fourth-order valence-electron chi connectivity index (χ4n) is 4.87. The van der Waals surface area contributed by atoms with Crippen LogP contribution in [-0.4, -0.2) is 12.2 Å². The summed E-state index contributed by atoms with van der Waals surface area (Å²) in [6.07, 6.45) is 6.46. The molecule has 0 aromatic rings. The Hall–Kier alpha value is 0.110. The van der Waals surface area contributed by atoms with Crippen LogP contribution in [0.2, 0.25) is 0 Å². The van der Waals surface area contributed by atoms with Crippen LogP contribution in [0.1, 0.15) is 80.1 Å². The third-order valence-corrected chi connectivity index (χ3v) is 7.62. The van der Waals surface area contributed by atoms with E-state index in [0.717, 1.165) is 25.7 Å². The molecule has 7 atom stereocenters. The first-order chi connectivity index (χ1) is 11.6. The largest absolute Gasteiger partial charge is 0.403 e. The van der Waals surface area contributed by atoms with Gasteiger partial charge in [-0.15, -0.1) is 0 Å². The summed E-state index contributed by atoms with van der Waals surface area (Å²) < 4.78 is 25.0. The summed E-state index contributed by atoms with van der Waals surface area (Å²) in [5.74, 6) is 3.05. The Labute approximate surface area is 155 Å². The van der Waals surface area contributed by atoms with Crippen molar-refractivity contribution >= 4 is 7.75 Å². The van der Waals surface area contributed by atoms with Crippen LogP contribution in [-0.2, 0) is 13.6 Å². The third kappa shape index (κ3) is 6.06. The predicted octanol–water partition coefficient (Wildman–Crippen LogP) is 6.01. The van der Waals surface area contributed by atoms with Gasteiger partial charge in [0, 0.05) is 0 Å². The average Bonchev–Trinajstić information content (AvgIpc) is 2.45. The molecule has 0 aromatic heterocycles. The van der Waals surface area contributed by atoms with Crippen LogP contribution in [0.25, 0.3) is 0 Å². The van der Waals surface area contributed by atoms with Gasteiger partial charge in [0.05, 0.1) is 12.2 Å². The first-order valence-corrected chi connectivity index (χ1v) is 12.0. The van der Waals surface area contributed by atoms with Crippen LogP contribution in [0.4, 0.5) is 0 Å². The van der Waals surface area contributed by atoms with Gasteiger partial charge in [-0.2, -0.15) is 0 Å². The minimum Gasteiger partial charge on any atom is -0.293 e. The maximum absolute atomic E-state index is 13.0. The molecule has 2 fully saturated rings. The molecule has 0 saturated heterocycles. The summed E-state index contributed by atoms with van der Waals surface area (Å²) in [5.41, 5.74) is 6.11. The molecule has 1 unspecified atom stereocenters. The van der Waals surface area contributed by atoms with Crippen LogP contribution >= 0.6 is 7.75 Å². The smallest absolute Gasteiger partial charge is 0.293 e. The van der Waals surface area contributed by atoms with Crippen molar-refractivity contribution in [1.82, 2.24) is 0 Å². The van der Waals surface area contributed by atoms with Crippen molar-refractivity contribution in [2.24, 2.45) is 41.0 Å². The van der Waals surface area contributed by atoms with Crippen LogP contribution in [0.5, 0.6) is 0 Å². The summed E-state index contributed by atoms with van der Waals surface area (Å²) in [4.78, 5) is 0. The normalized spacial score (nSPS) is 39.6. The van der Waals surface area contributed by atoms with E-state index in [9.17, 15) is 4.57 Å². The molecular weight excluding hydrogens is 333 g/mol. The lowest BCUT2D eigenvalue weighted by Gasteiger charge is -2.40. The quantitative estimate of drug-likeness (QED) is 0.579. The van der Waals surface area contributed by atoms with E-state index in [1.165, 1.54) is 12.8 Å². The molecule has 0 radical (unpaired) electrons. The summed E-state index contributed by atoms with van der Waals surface area (Å²) in [5, 5.41) is 0. The minimum atomic E-state index is -3.54. The highest BCUT2D eigenvalue weighted by molar-refractivity contribution is 7.51. The molecule has 2 aliphatic carbocycles. The third-order valence-electron chi connectivity index (χ3n) is 6.49. The lowest BCUT2D eigenvalue weighted by Crippen LogP contribution is -2.37. The lowest BCUT2D eigenvalue weighted by molar-refractivity contribution is -0.00346. The van der Waals surface area contributed by atoms with Gasteiger partial charge in [0.1, 0.15) is 0 Å². The van der Waals surface area contributed by atoms with Crippen molar-refractivity contribution in [2.75, 3.05) is 0 Å². The Kier molecular flexibility index (Phi) is 7.59. The zero-order chi connectivity index (χ0) is 18.8. The number of nitrogens with two attached hydrogens (primary N) is 1. The van der Waals surface area contributed by atoms with Crippen LogP contribution in [0.15, 0.2) is 0 Å². The summed E-state index contributed by atoms with van der Waals surface area (Å²) in [6, 6.07) is 0. The summed E-state index contributed by atoms with van der Waals surface area (Å²) in [7, 11) is -3.54. The summed E-state index contributed by atoms with van der Waals surface area (Å²) in [6.45, 7) is 13.4. The van der Waals surface area contributed by atoms with Crippen molar-refractivity contribution in [2.45, 2.75) is 92.3 Å². The lowest BCUT2D eigenvalue weighted by atomic mass is 9.75. The Morgan fingerprint density at radius 1 is 0.800 bits per heavy atom. The van der Waals surface area contributed by atoms with Crippen molar-refractivity contribution in [3.05, 3.63) is 0 Å². The van der Waals surface area contributed by atoms with Crippen molar-refractivity contribution in [3.8, 4) is 0 Å². The maximum atomic E-state index is 13.0. The van der Waals surface area contributed by atoms with Gasteiger partial charge < -0.3 is 0 Å². The first-order valence-electron chi connectivity index (χ1n) is 10.3. The maximum Gasteiger partial charge on any atom is 0.403 e. The number of hydrogen-bond acceptors (Lipinski definition) is 3. The Morgan fingerprint density at radius 2 is 1.16 bits per heavy atom. The molecule has 2 aliphatic rings.